The van der Waals surface area contributed by atoms with E-state index in [0.29, 0.717) is 13.0 Å². The lowest BCUT2D eigenvalue weighted by Crippen LogP contribution is -2.18. The number of amides is 1. The molecule has 4 heteroatoms. The van der Waals surface area contributed by atoms with Gasteiger partial charge in [-0.3, -0.25) is 9.59 Å². The van der Waals surface area contributed by atoms with Gasteiger partial charge < -0.3 is 9.88 Å². The minimum Gasteiger partial charge on any atom is -0.344 e. The highest BCUT2D eigenvalue weighted by Crippen LogP contribution is 2.33. The number of rotatable bonds is 1. The van der Waals surface area contributed by atoms with Gasteiger partial charge in [-0.05, 0) is 26.0 Å². The van der Waals surface area contributed by atoms with Crippen molar-refractivity contribution in [3.63, 3.8) is 0 Å². The molecule has 2 aromatic rings. The molecule has 1 N–H and O–H groups in total. The second-order valence-electron chi connectivity index (χ2n) is 5.08. The van der Waals surface area contributed by atoms with Crippen LogP contribution in [0.4, 0.5) is 5.69 Å². The third-order valence-corrected chi connectivity index (χ3v) is 3.79. The quantitative estimate of drug-likeness (QED) is 0.808. The van der Waals surface area contributed by atoms with Crippen molar-refractivity contribution in [2.45, 2.75) is 26.8 Å². The van der Waals surface area contributed by atoms with Gasteiger partial charge in [-0.1, -0.05) is 18.2 Å². The second kappa shape index (κ2) is 4.63. The minimum atomic E-state index is 0.000532. The summed E-state index contributed by atoms with van der Waals surface area (Å²) in [6.45, 7) is 4.10. The third-order valence-electron chi connectivity index (χ3n) is 3.79. The molecule has 0 radical (unpaired) electrons. The van der Waals surface area contributed by atoms with E-state index >= 15 is 0 Å². The number of benzene rings is 1. The standard InChI is InChI=1S/C16H16N2O2/c1-10-13(11(2)19)9-15-12-5-3-4-6-14(12)17-16(20)7-8-18(10)15/h3-6,9H,7-8H2,1-2H3,(H,17,20). The number of aromatic nitrogens is 1. The number of hydrogen-bond acceptors (Lipinski definition) is 2. The molecule has 0 unspecified atom stereocenters. The summed E-state index contributed by atoms with van der Waals surface area (Å²) < 4.78 is 2.06. The van der Waals surface area contributed by atoms with Gasteiger partial charge in [0.25, 0.3) is 0 Å². The fourth-order valence-electron chi connectivity index (χ4n) is 2.75. The van der Waals surface area contributed by atoms with Gasteiger partial charge in [0.1, 0.15) is 0 Å². The van der Waals surface area contributed by atoms with Crippen molar-refractivity contribution in [2.24, 2.45) is 0 Å². The predicted molar refractivity (Wildman–Crippen MR) is 77.9 cm³/mol. The Bertz CT molecular complexity index is 713. The summed E-state index contributed by atoms with van der Waals surface area (Å²) in [5, 5.41) is 2.92. The molecule has 0 aliphatic carbocycles. The van der Waals surface area contributed by atoms with Crippen molar-refractivity contribution in [3.05, 3.63) is 41.6 Å². The topological polar surface area (TPSA) is 51.1 Å². The van der Waals surface area contributed by atoms with Crippen molar-refractivity contribution < 1.29 is 9.59 Å². The average molecular weight is 268 g/mol. The fraction of sp³-hybridized carbons (Fsp3) is 0.250. The van der Waals surface area contributed by atoms with Gasteiger partial charge in [-0.2, -0.15) is 0 Å². The SMILES string of the molecule is CC(=O)c1cc2n(c1C)CCC(=O)Nc1ccccc1-2. The molecular weight excluding hydrogens is 252 g/mol. The van der Waals surface area contributed by atoms with E-state index in [9.17, 15) is 9.59 Å². The maximum absolute atomic E-state index is 11.9. The van der Waals surface area contributed by atoms with E-state index in [1.165, 1.54) is 0 Å². The molecule has 0 atom stereocenters. The number of carbonyl (C=O) groups is 2. The van der Waals surface area contributed by atoms with Crippen LogP contribution in [0.2, 0.25) is 0 Å². The number of nitrogens with one attached hydrogen (secondary N) is 1. The summed E-state index contributed by atoms with van der Waals surface area (Å²) in [6, 6.07) is 9.61. The van der Waals surface area contributed by atoms with Gasteiger partial charge in [0.2, 0.25) is 5.91 Å². The van der Waals surface area contributed by atoms with Crippen molar-refractivity contribution in [2.75, 3.05) is 5.32 Å². The Morgan fingerprint density at radius 3 is 2.80 bits per heavy atom. The minimum absolute atomic E-state index is 0.000532. The molecule has 1 amide bonds. The van der Waals surface area contributed by atoms with E-state index in [4.69, 9.17) is 0 Å². The van der Waals surface area contributed by atoms with Crippen LogP contribution in [0.15, 0.2) is 30.3 Å². The van der Waals surface area contributed by atoms with E-state index in [1.807, 2.05) is 37.3 Å². The first kappa shape index (κ1) is 12.7. The summed E-state index contributed by atoms with van der Waals surface area (Å²) in [6.07, 6.45) is 0.411. The molecule has 102 valence electrons. The number of nitrogens with zero attached hydrogens (tertiary/aromatic N) is 1. The largest absolute Gasteiger partial charge is 0.344 e. The van der Waals surface area contributed by atoms with Crippen LogP contribution >= 0.6 is 0 Å². The normalized spacial score (nSPS) is 13.8. The molecule has 3 rings (SSSR count). The fourth-order valence-corrected chi connectivity index (χ4v) is 2.75. The lowest BCUT2D eigenvalue weighted by atomic mass is 10.1. The highest BCUT2D eigenvalue weighted by atomic mass is 16.1. The number of Topliss-reactive ketones (excluding diaryl/α,β-unsaturated/α-hetero) is 1. The maximum Gasteiger partial charge on any atom is 0.226 e. The molecule has 0 bridgehead atoms. The van der Waals surface area contributed by atoms with E-state index in [0.717, 1.165) is 28.2 Å². The molecule has 2 heterocycles. The van der Waals surface area contributed by atoms with Crippen LogP contribution in [0, 0.1) is 6.92 Å². The Morgan fingerprint density at radius 1 is 1.30 bits per heavy atom. The molecule has 0 saturated carbocycles. The highest BCUT2D eigenvalue weighted by molar-refractivity contribution is 5.99. The van der Waals surface area contributed by atoms with E-state index in [-0.39, 0.29) is 11.7 Å². The first-order valence-corrected chi connectivity index (χ1v) is 6.68. The lowest BCUT2D eigenvalue weighted by Gasteiger charge is -2.18. The van der Waals surface area contributed by atoms with Crippen molar-refractivity contribution in [3.8, 4) is 11.3 Å². The molecular formula is C16H16N2O2. The molecule has 1 aliphatic rings. The molecule has 1 aromatic heterocycles. The Morgan fingerprint density at radius 2 is 2.05 bits per heavy atom. The Hall–Kier alpha value is -2.36. The van der Waals surface area contributed by atoms with E-state index in [1.54, 1.807) is 6.92 Å². The van der Waals surface area contributed by atoms with Crippen LogP contribution in [0.5, 0.6) is 0 Å². The van der Waals surface area contributed by atoms with E-state index in [2.05, 4.69) is 9.88 Å². The van der Waals surface area contributed by atoms with Crippen LogP contribution in [0.3, 0.4) is 0 Å². The third kappa shape index (κ3) is 1.93. The summed E-state index contributed by atoms with van der Waals surface area (Å²) in [5.74, 6) is 0.0547. The van der Waals surface area contributed by atoms with Crippen molar-refractivity contribution in [1.29, 1.82) is 0 Å². The zero-order chi connectivity index (χ0) is 14.3. The Balaban J connectivity index is 2.27. The number of fused-ring (bicyclic) bond motifs is 3. The first-order valence-electron chi connectivity index (χ1n) is 6.68. The van der Waals surface area contributed by atoms with Crippen molar-refractivity contribution in [1.82, 2.24) is 4.57 Å². The zero-order valence-corrected chi connectivity index (χ0v) is 11.6. The number of hydrogen-bond donors (Lipinski definition) is 1. The van der Waals surface area contributed by atoms with Crippen LogP contribution in [-0.2, 0) is 11.3 Å². The van der Waals surface area contributed by atoms with Crippen LogP contribution in [0.1, 0.15) is 29.4 Å². The van der Waals surface area contributed by atoms with Gasteiger partial charge in [-0.25, -0.2) is 0 Å². The number of anilines is 1. The Kier molecular flexibility index (Phi) is 2.93. The molecule has 20 heavy (non-hydrogen) atoms. The van der Waals surface area contributed by atoms with Gasteiger partial charge >= 0.3 is 0 Å². The highest BCUT2D eigenvalue weighted by Gasteiger charge is 2.21. The lowest BCUT2D eigenvalue weighted by molar-refractivity contribution is -0.116. The average Bonchev–Trinajstić information content (AvgIpc) is 2.72. The molecule has 0 spiro atoms. The number of para-hydroxylation sites is 1. The Labute approximate surface area is 117 Å². The second-order valence-corrected chi connectivity index (χ2v) is 5.08. The van der Waals surface area contributed by atoms with Gasteiger partial charge in [0.15, 0.2) is 5.78 Å². The summed E-state index contributed by atoms with van der Waals surface area (Å²) in [5.41, 5.74) is 4.40. The summed E-state index contributed by atoms with van der Waals surface area (Å²) in [4.78, 5) is 23.6. The molecule has 0 saturated heterocycles. The summed E-state index contributed by atoms with van der Waals surface area (Å²) in [7, 11) is 0. The van der Waals surface area contributed by atoms with Gasteiger partial charge in [0.05, 0.1) is 11.4 Å². The van der Waals surface area contributed by atoms with Crippen LogP contribution in [-0.4, -0.2) is 16.3 Å². The van der Waals surface area contributed by atoms with Gasteiger partial charge in [-0.15, -0.1) is 0 Å². The van der Waals surface area contributed by atoms with E-state index < -0.39 is 0 Å². The smallest absolute Gasteiger partial charge is 0.226 e. The zero-order valence-electron chi connectivity index (χ0n) is 11.6. The predicted octanol–water partition coefficient (Wildman–Crippen LogP) is 3.01. The van der Waals surface area contributed by atoms with Crippen LogP contribution in [0.25, 0.3) is 11.3 Å². The monoisotopic (exact) mass is 268 g/mol. The molecule has 4 nitrogen and oxygen atoms in total. The van der Waals surface area contributed by atoms with Crippen molar-refractivity contribution >= 4 is 17.4 Å². The van der Waals surface area contributed by atoms with Crippen LogP contribution < -0.4 is 5.32 Å². The molecule has 0 fully saturated rings. The number of ketones is 1. The number of carbonyl (C=O) groups excluding carboxylic acids is 2. The first-order chi connectivity index (χ1) is 9.58. The maximum atomic E-state index is 11.9. The van der Waals surface area contributed by atoms with Gasteiger partial charge in [0, 0.05) is 29.8 Å². The molecule has 1 aromatic carbocycles. The molecule has 1 aliphatic heterocycles. The summed E-state index contributed by atoms with van der Waals surface area (Å²) >= 11 is 0.